The predicted octanol–water partition coefficient (Wildman–Crippen LogP) is -1.73. The molecule has 2 unspecified atom stereocenters. The molecule has 5 heavy (non-hydrogen) atoms. The Morgan fingerprint density at radius 2 is 0.800 bits per heavy atom. The molecule has 0 N–H and O–H groups in total. The topological polar surface area (TPSA) is 46.1 Å². The van der Waals surface area contributed by atoms with E-state index in [-0.39, 0.29) is 16.8 Å². The minimum Gasteiger partial charge on any atom is -0.834 e. The Balaban J connectivity index is -0.0000000133. The van der Waals surface area contributed by atoms with Gasteiger partial charge in [-0.15, -0.1) is 0 Å². The molecule has 5 heteroatoms. The summed E-state index contributed by atoms with van der Waals surface area (Å²) in [6.45, 7) is 0. The zero-order valence-electron chi connectivity index (χ0n) is 2.30. The summed E-state index contributed by atoms with van der Waals surface area (Å²) in [5, 5.41) is 0. The van der Waals surface area contributed by atoms with E-state index in [9.17, 15) is 0 Å². The number of hydrogen-bond acceptors (Lipinski definition) is 2. The van der Waals surface area contributed by atoms with Gasteiger partial charge in [0, 0.05) is 0 Å². The van der Waals surface area contributed by atoms with E-state index in [0.717, 1.165) is 0 Å². The molecule has 0 aliphatic carbocycles. The van der Waals surface area contributed by atoms with Crippen molar-refractivity contribution in [1.82, 2.24) is 0 Å². The summed E-state index contributed by atoms with van der Waals surface area (Å²) in [5.41, 5.74) is 0. The summed E-state index contributed by atoms with van der Waals surface area (Å²) in [4.78, 5) is 16.3. The quantitative estimate of drug-likeness (QED) is 0.392. The van der Waals surface area contributed by atoms with Crippen molar-refractivity contribution >= 4 is 18.9 Å². The molecule has 1 radical (unpaired) electrons. The third-order valence-electron chi connectivity index (χ3n) is 0. The van der Waals surface area contributed by atoms with Gasteiger partial charge in [-0.05, 0) is 0 Å². The first-order valence-electron chi connectivity index (χ1n) is 0.471. The van der Waals surface area contributed by atoms with Crippen molar-refractivity contribution in [3.63, 3.8) is 0 Å². The van der Waals surface area contributed by atoms with Crippen molar-refractivity contribution in [3.8, 4) is 0 Å². The fraction of sp³-hybridized carbons (Fsp3) is 0. The van der Waals surface area contributed by atoms with Crippen LogP contribution in [-0.2, 0) is 16.8 Å². The SMILES string of the molecule is [Co+2].[O-]P.[O-]P. The largest absolute Gasteiger partial charge is 2.00 e. The van der Waals surface area contributed by atoms with E-state index in [1.165, 1.54) is 18.9 Å². The van der Waals surface area contributed by atoms with E-state index >= 15 is 0 Å². The average Bonchev–Trinajstić information content (AvgIpc) is 1.50. The monoisotopic (exact) mass is 157 g/mol. The first-order chi connectivity index (χ1) is 2.00. The van der Waals surface area contributed by atoms with Crippen LogP contribution in [0.2, 0.25) is 0 Å². The van der Waals surface area contributed by atoms with Crippen LogP contribution in [0.25, 0.3) is 0 Å². The molecule has 0 heterocycles. The van der Waals surface area contributed by atoms with E-state index in [4.69, 9.17) is 9.79 Å². The molecule has 2 nitrogen and oxygen atoms in total. The van der Waals surface area contributed by atoms with Crippen LogP contribution in [0.4, 0.5) is 0 Å². The molecule has 0 rings (SSSR count). The fourth-order valence-corrected chi connectivity index (χ4v) is 0. The maximum atomic E-state index is 8.17. The number of rotatable bonds is 0. The summed E-state index contributed by atoms with van der Waals surface area (Å²) >= 11 is 0. The molecule has 0 aliphatic heterocycles. The first kappa shape index (κ1) is 16.3. The summed E-state index contributed by atoms with van der Waals surface area (Å²) in [7, 11) is 2.33. The van der Waals surface area contributed by atoms with E-state index < -0.39 is 0 Å². The van der Waals surface area contributed by atoms with Crippen LogP contribution >= 0.6 is 18.9 Å². The van der Waals surface area contributed by atoms with Crippen molar-refractivity contribution in [2.45, 2.75) is 0 Å². The maximum Gasteiger partial charge on any atom is 2.00 e. The molecular weight excluding hydrogens is 153 g/mol. The smallest absolute Gasteiger partial charge is 0.834 e. The number of hydrogen-bond donors (Lipinski definition) is 0. The van der Waals surface area contributed by atoms with Gasteiger partial charge in [-0.1, -0.05) is 0 Å². The van der Waals surface area contributed by atoms with Crippen LogP contribution in [0.3, 0.4) is 0 Å². The van der Waals surface area contributed by atoms with Gasteiger partial charge in [-0.25, -0.2) is 18.9 Å². The van der Waals surface area contributed by atoms with Gasteiger partial charge in [0.25, 0.3) is 0 Å². The predicted molar refractivity (Wildman–Crippen MR) is 19.4 cm³/mol. The molecule has 0 bridgehead atoms. The molecule has 0 aliphatic rings. The third kappa shape index (κ3) is 34.5. The van der Waals surface area contributed by atoms with Gasteiger partial charge in [0.2, 0.25) is 0 Å². The second-order valence-corrected chi connectivity index (χ2v) is 0. The second-order valence-electron chi connectivity index (χ2n) is 0. The Morgan fingerprint density at radius 1 is 0.800 bits per heavy atom. The van der Waals surface area contributed by atoms with Crippen molar-refractivity contribution in [3.05, 3.63) is 0 Å². The minimum atomic E-state index is 0. The Hall–Kier alpha value is 1.29. The van der Waals surface area contributed by atoms with Crippen molar-refractivity contribution < 1.29 is 26.6 Å². The molecule has 2 atom stereocenters. The van der Waals surface area contributed by atoms with Crippen molar-refractivity contribution in [2.75, 3.05) is 0 Å². The van der Waals surface area contributed by atoms with Gasteiger partial charge in [0.1, 0.15) is 0 Å². The van der Waals surface area contributed by atoms with Crippen LogP contribution < -0.4 is 9.79 Å². The average molecular weight is 157 g/mol. The summed E-state index contributed by atoms with van der Waals surface area (Å²) < 4.78 is 0. The molecule has 0 spiro atoms. The molecule has 0 aromatic rings. The van der Waals surface area contributed by atoms with Crippen LogP contribution in [0.15, 0.2) is 0 Å². The van der Waals surface area contributed by atoms with Crippen LogP contribution in [0, 0.1) is 0 Å². The standard InChI is InChI=1S/Co.2H2OP/c;2*1-2/h;2*2H2/q+2;2*-1. The minimum absolute atomic E-state index is 0. The summed E-state index contributed by atoms with van der Waals surface area (Å²) in [6, 6.07) is 0. The normalized spacial score (nSPS) is 2.40. The molecule has 0 fully saturated rings. The molecule has 0 aromatic heterocycles. The van der Waals surface area contributed by atoms with Gasteiger partial charge in [0.15, 0.2) is 0 Å². The van der Waals surface area contributed by atoms with Gasteiger partial charge in [-0.3, -0.25) is 0 Å². The molecule has 0 amide bonds. The van der Waals surface area contributed by atoms with E-state index in [0.29, 0.717) is 0 Å². The first-order valence-corrected chi connectivity index (χ1v) is 1.41. The molecule has 35 valence electrons. The maximum absolute atomic E-state index is 8.17. The summed E-state index contributed by atoms with van der Waals surface area (Å²) in [6.07, 6.45) is 0. The van der Waals surface area contributed by atoms with Gasteiger partial charge in [0.05, 0.1) is 0 Å². The second kappa shape index (κ2) is 58.7. The van der Waals surface area contributed by atoms with E-state index in [2.05, 4.69) is 0 Å². The van der Waals surface area contributed by atoms with E-state index in [1.54, 1.807) is 0 Å². The van der Waals surface area contributed by atoms with Gasteiger partial charge < -0.3 is 9.79 Å². The Kier molecular flexibility index (Phi) is 191. The molecule has 0 aromatic carbocycles. The molecule has 0 saturated carbocycles. The third-order valence-corrected chi connectivity index (χ3v) is 0. The van der Waals surface area contributed by atoms with Gasteiger partial charge in [-0.2, -0.15) is 0 Å². The van der Waals surface area contributed by atoms with Crippen molar-refractivity contribution in [2.24, 2.45) is 0 Å². The summed E-state index contributed by atoms with van der Waals surface area (Å²) in [5.74, 6) is 0. The zero-order chi connectivity index (χ0) is 4.00. The van der Waals surface area contributed by atoms with E-state index in [1.807, 2.05) is 0 Å². The van der Waals surface area contributed by atoms with Crippen LogP contribution in [-0.4, -0.2) is 0 Å². The van der Waals surface area contributed by atoms with Crippen LogP contribution in [0.1, 0.15) is 0 Å². The van der Waals surface area contributed by atoms with Crippen LogP contribution in [0.5, 0.6) is 0 Å². The Bertz CT molecular complexity index is 7.61. The molecule has 0 saturated heterocycles. The Morgan fingerprint density at radius 3 is 0.800 bits per heavy atom. The fourth-order valence-electron chi connectivity index (χ4n) is 0. The van der Waals surface area contributed by atoms with Crippen molar-refractivity contribution in [1.29, 1.82) is 0 Å². The zero-order valence-corrected chi connectivity index (χ0v) is 5.65. The Labute approximate surface area is 46.1 Å². The van der Waals surface area contributed by atoms with Gasteiger partial charge >= 0.3 is 16.8 Å². The molecular formula is H4CoO2P2.